The number of carbonyl (C=O) groups is 2. The van der Waals surface area contributed by atoms with E-state index in [-0.39, 0.29) is 0 Å². The molecule has 0 aliphatic rings. The predicted octanol–water partition coefficient (Wildman–Crippen LogP) is 5.39. The summed E-state index contributed by atoms with van der Waals surface area (Å²) in [5, 5.41) is 4.29. The second-order valence-electron chi connectivity index (χ2n) is 6.07. The molecule has 0 aliphatic heterocycles. The van der Waals surface area contributed by atoms with Crippen molar-refractivity contribution in [2.24, 2.45) is 5.10 Å². The highest BCUT2D eigenvalue weighted by molar-refractivity contribution is 9.10. The van der Waals surface area contributed by atoms with Crippen LogP contribution in [0.5, 0.6) is 5.75 Å². The van der Waals surface area contributed by atoms with Crippen molar-refractivity contribution >= 4 is 45.6 Å². The molecule has 0 radical (unpaired) electrons. The number of hydrogen-bond acceptors (Lipinski definition) is 4. The summed E-state index contributed by atoms with van der Waals surface area (Å²) in [7, 11) is 0. The first-order valence-corrected chi connectivity index (χ1v) is 9.78. The SMILES string of the molecule is Cc1ccccc1C(=O)Oc1ccc(Br)cc1/C=N/NC(=O)c1ccccc1Cl. The number of aryl methyl sites for hydroxylation is 1. The Labute approximate surface area is 181 Å². The van der Waals surface area contributed by atoms with Gasteiger partial charge in [-0.2, -0.15) is 5.10 Å². The lowest BCUT2D eigenvalue weighted by Crippen LogP contribution is -2.18. The molecule has 0 spiro atoms. The van der Waals surface area contributed by atoms with Crippen molar-refractivity contribution in [3.8, 4) is 5.75 Å². The standard InChI is InChI=1S/C22H16BrClN2O3/c1-14-6-2-3-7-17(14)22(28)29-20-11-10-16(23)12-15(20)13-25-26-21(27)18-8-4-5-9-19(18)24/h2-13H,1H3,(H,26,27)/b25-13+. The molecule has 146 valence electrons. The molecule has 0 fully saturated rings. The van der Waals surface area contributed by atoms with Gasteiger partial charge in [-0.1, -0.05) is 57.9 Å². The lowest BCUT2D eigenvalue weighted by atomic mass is 10.1. The molecule has 1 amide bonds. The molecule has 0 saturated heterocycles. The van der Waals surface area contributed by atoms with Gasteiger partial charge in [0.1, 0.15) is 5.75 Å². The highest BCUT2D eigenvalue weighted by Gasteiger charge is 2.14. The molecule has 7 heteroatoms. The van der Waals surface area contributed by atoms with E-state index < -0.39 is 11.9 Å². The number of hydrazone groups is 1. The van der Waals surface area contributed by atoms with Crippen molar-refractivity contribution in [3.05, 3.63) is 98.5 Å². The van der Waals surface area contributed by atoms with Crippen LogP contribution < -0.4 is 10.2 Å². The average molecular weight is 472 g/mol. The van der Waals surface area contributed by atoms with E-state index in [2.05, 4.69) is 26.5 Å². The molecule has 29 heavy (non-hydrogen) atoms. The molecule has 3 aromatic rings. The van der Waals surface area contributed by atoms with Gasteiger partial charge in [-0.25, -0.2) is 10.2 Å². The van der Waals surface area contributed by atoms with E-state index in [9.17, 15) is 9.59 Å². The van der Waals surface area contributed by atoms with E-state index in [1.54, 1.807) is 54.6 Å². The van der Waals surface area contributed by atoms with E-state index >= 15 is 0 Å². The van der Waals surface area contributed by atoms with Crippen molar-refractivity contribution < 1.29 is 14.3 Å². The monoisotopic (exact) mass is 470 g/mol. The van der Waals surface area contributed by atoms with Crippen molar-refractivity contribution in [1.29, 1.82) is 0 Å². The second-order valence-corrected chi connectivity index (χ2v) is 7.39. The third kappa shape index (κ3) is 5.31. The van der Waals surface area contributed by atoms with E-state index in [1.807, 2.05) is 19.1 Å². The van der Waals surface area contributed by atoms with Crippen LogP contribution in [0.25, 0.3) is 0 Å². The number of hydrogen-bond donors (Lipinski definition) is 1. The van der Waals surface area contributed by atoms with Crippen LogP contribution in [0.3, 0.4) is 0 Å². The van der Waals surface area contributed by atoms with Crippen LogP contribution in [0.1, 0.15) is 31.8 Å². The molecule has 0 bridgehead atoms. The Morgan fingerprint density at radius 3 is 2.45 bits per heavy atom. The zero-order chi connectivity index (χ0) is 20.8. The Hall–Kier alpha value is -2.96. The quantitative estimate of drug-likeness (QED) is 0.235. The van der Waals surface area contributed by atoms with Crippen molar-refractivity contribution in [2.75, 3.05) is 0 Å². The zero-order valence-electron chi connectivity index (χ0n) is 15.4. The van der Waals surface area contributed by atoms with Gasteiger partial charge >= 0.3 is 5.97 Å². The first-order chi connectivity index (χ1) is 14.0. The van der Waals surface area contributed by atoms with Gasteiger partial charge in [0.05, 0.1) is 22.4 Å². The van der Waals surface area contributed by atoms with Gasteiger partial charge in [0.25, 0.3) is 5.91 Å². The number of halogens is 2. The Bertz CT molecular complexity index is 1100. The lowest BCUT2D eigenvalue weighted by Gasteiger charge is -2.09. The van der Waals surface area contributed by atoms with E-state index in [0.29, 0.717) is 27.5 Å². The van der Waals surface area contributed by atoms with E-state index in [4.69, 9.17) is 16.3 Å². The van der Waals surface area contributed by atoms with E-state index in [0.717, 1.165) is 10.0 Å². The molecule has 3 rings (SSSR count). The Kier molecular flexibility index (Phi) is 6.80. The minimum absolute atomic E-state index is 0.312. The Morgan fingerprint density at radius 2 is 1.72 bits per heavy atom. The minimum Gasteiger partial charge on any atom is -0.422 e. The maximum Gasteiger partial charge on any atom is 0.343 e. The fraction of sp³-hybridized carbons (Fsp3) is 0.0455. The van der Waals surface area contributed by atoms with Gasteiger partial charge in [0, 0.05) is 10.0 Å². The number of carbonyl (C=O) groups excluding carboxylic acids is 2. The van der Waals surface area contributed by atoms with Crippen LogP contribution in [0.15, 0.2) is 76.3 Å². The summed E-state index contributed by atoms with van der Waals surface area (Å²) in [6, 6.07) is 19.0. The molecule has 3 aromatic carbocycles. The molecule has 1 N–H and O–H groups in total. The van der Waals surface area contributed by atoms with Gasteiger partial charge in [0.2, 0.25) is 0 Å². The molecule has 0 heterocycles. The van der Waals surface area contributed by atoms with Gasteiger partial charge in [0.15, 0.2) is 0 Å². The van der Waals surface area contributed by atoms with Crippen molar-refractivity contribution in [2.45, 2.75) is 6.92 Å². The van der Waals surface area contributed by atoms with Gasteiger partial charge < -0.3 is 4.74 Å². The number of benzene rings is 3. The average Bonchev–Trinajstić information content (AvgIpc) is 2.70. The van der Waals surface area contributed by atoms with Crippen molar-refractivity contribution in [1.82, 2.24) is 5.43 Å². The number of nitrogens with zero attached hydrogens (tertiary/aromatic N) is 1. The molecule has 0 atom stereocenters. The topological polar surface area (TPSA) is 67.8 Å². The van der Waals surface area contributed by atoms with Crippen LogP contribution in [0.2, 0.25) is 5.02 Å². The first-order valence-electron chi connectivity index (χ1n) is 8.61. The molecule has 5 nitrogen and oxygen atoms in total. The molecular weight excluding hydrogens is 456 g/mol. The summed E-state index contributed by atoms with van der Waals surface area (Å²) in [5.41, 5.74) is 4.54. The minimum atomic E-state index is -0.472. The second kappa shape index (κ2) is 9.49. The third-order valence-electron chi connectivity index (χ3n) is 4.03. The number of ether oxygens (including phenoxy) is 1. The highest BCUT2D eigenvalue weighted by Crippen LogP contribution is 2.23. The van der Waals surface area contributed by atoms with Gasteiger partial charge in [-0.3, -0.25) is 4.79 Å². The summed E-state index contributed by atoms with van der Waals surface area (Å²) in [6.45, 7) is 1.84. The predicted molar refractivity (Wildman–Crippen MR) is 117 cm³/mol. The summed E-state index contributed by atoms with van der Waals surface area (Å²) in [6.07, 6.45) is 1.40. The van der Waals surface area contributed by atoms with Gasteiger partial charge in [-0.15, -0.1) is 0 Å². The van der Waals surface area contributed by atoms with Crippen LogP contribution in [-0.4, -0.2) is 18.1 Å². The number of amides is 1. The number of esters is 1. The summed E-state index contributed by atoms with van der Waals surface area (Å²) in [5.74, 6) is -0.599. The molecule has 0 aliphatic carbocycles. The van der Waals surface area contributed by atoms with Crippen LogP contribution >= 0.6 is 27.5 Å². The third-order valence-corrected chi connectivity index (χ3v) is 4.85. The summed E-state index contributed by atoms with van der Waals surface area (Å²) in [4.78, 5) is 24.7. The maximum atomic E-state index is 12.5. The molecule has 0 aromatic heterocycles. The Balaban J connectivity index is 1.77. The maximum absolute atomic E-state index is 12.5. The van der Waals surface area contributed by atoms with Crippen molar-refractivity contribution in [3.63, 3.8) is 0 Å². The van der Waals surface area contributed by atoms with E-state index in [1.165, 1.54) is 6.21 Å². The number of rotatable bonds is 5. The fourth-order valence-corrected chi connectivity index (χ4v) is 3.14. The largest absolute Gasteiger partial charge is 0.422 e. The van der Waals surface area contributed by atoms with Crippen LogP contribution in [-0.2, 0) is 0 Å². The Morgan fingerprint density at radius 1 is 1.03 bits per heavy atom. The summed E-state index contributed by atoms with van der Waals surface area (Å²) >= 11 is 9.39. The molecular formula is C22H16BrClN2O3. The lowest BCUT2D eigenvalue weighted by molar-refractivity contribution is 0.0733. The molecule has 0 saturated carbocycles. The van der Waals surface area contributed by atoms with Crippen LogP contribution in [0.4, 0.5) is 0 Å². The summed E-state index contributed by atoms with van der Waals surface area (Å²) < 4.78 is 6.31. The number of nitrogens with one attached hydrogen (secondary N) is 1. The highest BCUT2D eigenvalue weighted by atomic mass is 79.9. The smallest absolute Gasteiger partial charge is 0.343 e. The molecule has 0 unspecified atom stereocenters. The van der Waals surface area contributed by atoms with Gasteiger partial charge in [-0.05, 0) is 48.9 Å². The van der Waals surface area contributed by atoms with Crippen LogP contribution in [0, 0.1) is 6.92 Å². The first kappa shape index (κ1) is 20.8. The zero-order valence-corrected chi connectivity index (χ0v) is 17.7. The fourth-order valence-electron chi connectivity index (χ4n) is 2.54. The normalized spacial score (nSPS) is 10.7.